The highest BCUT2D eigenvalue weighted by Crippen LogP contribution is 2.35. The van der Waals surface area contributed by atoms with E-state index in [2.05, 4.69) is 20.4 Å². The number of thioether (sulfide) groups is 1. The summed E-state index contributed by atoms with van der Waals surface area (Å²) in [5.41, 5.74) is 0.857. The lowest BCUT2D eigenvalue weighted by atomic mass is 10.2. The zero-order chi connectivity index (χ0) is 19.5. The van der Waals surface area contributed by atoms with Gasteiger partial charge in [-0.25, -0.2) is 4.68 Å². The first kappa shape index (κ1) is 18.5. The van der Waals surface area contributed by atoms with E-state index in [4.69, 9.17) is 15.0 Å². The number of rotatable bonds is 7. The summed E-state index contributed by atoms with van der Waals surface area (Å²) in [6, 6.07) is 11.5. The Morgan fingerprint density at radius 1 is 1.18 bits per heavy atom. The van der Waals surface area contributed by atoms with Gasteiger partial charge in [-0.1, -0.05) is 17.8 Å². The van der Waals surface area contributed by atoms with Crippen LogP contribution in [0.4, 0.5) is 0 Å². The van der Waals surface area contributed by atoms with Gasteiger partial charge in [0.15, 0.2) is 5.82 Å². The second-order valence-corrected chi connectivity index (χ2v) is 8.07. The first-order valence-corrected chi connectivity index (χ1v) is 10.4. The van der Waals surface area contributed by atoms with Crippen molar-refractivity contribution in [2.75, 3.05) is 12.4 Å². The molecule has 1 atom stereocenters. The molecule has 0 amide bonds. The number of nitrogens with two attached hydrogens (primary N) is 1. The van der Waals surface area contributed by atoms with Gasteiger partial charge in [0.05, 0.1) is 16.7 Å². The highest BCUT2D eigenvalue weighted by Gasteiger charge is 2.21. The van der Waals surface area contributed by atoms with Crippen molar-refractivity contribution >= 4 is 23.1 Å². The van der Waals surface area contributed by atoms with Crippen LogP contribution in [-0.4, -0.2) is 31.7 Å². The van der Waals surface area contributed by atoms with E-state index in [1.54, 1.807) is 11.3 Å². The lowest BCUT2D eigenvalue weighted by Crippen LogP contribution is -2.12. The third-order valence-corrected chi connectivity index (χ3v) is 5.79. The molecule has 144 valence electrons. The van der Waals surface area contributed by atoms with Gasteiger partial charge in [-0.2, -0.15) is 0 Å². The van der Waals surface area contributed by atoms with E-state index in [0.29, 0.717) is 29.4 Å². The second kappa shape index (κ2) is 8.03. The summed E-state index contributed by atoms with van der Waals surface area (Å²) < 4.78 is 12.7. The lowest BCUT2D eigenvalue weighted by molar-refractivity contribution is 0.340. The minimum absolute atomic E-state index is 0.124. The smallest absolute Gasteiger partial charge is 0.257 e. The molecule has 10 heteroatoms. The number of thiophene rings is 1. The van der Waals surface area contributed by atoms with E-state index >= 15 is 0 Å². The molecular weight excluding hydrogens is 396 g/mol. The summed E-state index contributed by atoms with van der Waals surface area (Å²) in [6.45, 7) is 4.53. The van der Waals surface area contributed by atoms with Crippen molar-refractivity contribution in [3.8, 4) is 27.9 Å². The number of nitrogens with zero attached hydrogens (tertiary/aromatic N) is 5. The fourth-order valence-corrected chi connectivity index (χ4v) is 3.97. The molecule has 3 heterocycles. The van der Waals surface area contributed by atoms with Crippen LogP contribution in [0.25, 0.3) is 22.2 Å². The molecule has 0 aliphatic carbocycles. The zero-order valence-corrected chi connectivity index (χ0v) is 16.9. The Morgan fingerprint density at radius 3 is 2.71 bits per heavy atom. The van der Waals surface area contributed by atoms with Crippen LogP contribution < -0.4 is 10.6 Å². The predicted octanol–water partition coefficient (Wildman–Crippen LogP) is 4.02. The van der Waals surface area contributed by atoms with E-state index in [1.807, 2.05) is 55.6 Å². The van der Waals surface area contributed by atoms with Crippen LogP contribution in [0.2, 0.25) is 0 Å². The van der Waals surface area contributed by atoms with Gasteiger partial charge in [-0.3, -0.25) is 0 Å². The Labute approximate surface area is 169 Å². The van der Waals surface area contributed by atoms with Crippen LogP contribution in [0.15, 0.2) is 51.4 Å². The molecule has 0 radical (unpaired) electrons. The van der Waals surface area contributed by atoms with Gasteiger partial charge in [0.2, 0.25) is 11.0 Å². The van der Waals surface area contributed by atoms with Crippen LogP contribution in [-0.2, 0) is 0 Å². The topological polar surface area (TPSA) is 105 Å². The van der Waals surface area contributed by atoms with Gasteiger partial charge in [0.1, 0.15) is 5.75 Å². The number of hydrogen-bond acceptors (Lipinski definition) is 9. The number of nitrogen functional groups attached to an aromatic ring is 1. The molecule has 4 rings (SSSR count). The quantitative estimate of drug-likeness (QED) is 0.357. The Kier molecular flexibility index (Phi) is 5.31. The average molecular weight is 415 g/mol. The Hall–Kier alpha value is -2.85. The molecule has 2 N–H and O–H groups in total. The third kappa shape index (κ3) is 3.73. The van der Waals surface area contributed by atoms with Gasteiger partial charge < -0.3 is 15.0 Å². The summed E-state index contributed by atoms with van der Waals surface area (Å²) in [5.74, 6) is 8.62. The van der Waals surface area contributed by atoms with Gasteiger partial charge >= 0.3 is 0 Å². The summed E-state index contributed by atoms with van der Waals surface area (Å²) >= 11 is 2.96. The zero-order valence-electron chi connectivity index (χ0n) is 15.3. The van der Waals surface area contributed by atoms with Crippen molar-refractivity contribution in [1.82, 2.24) is 25.1 Å². The summed E-state index contributed by atoms with van der Waals surface area (Å²) in [7, 11) is 0. The largest absolute Gasteiger partial charge is 0.494 e. The lowest BCUT2D eigenvalue weighted by Gasteiger charge is -2.07. The maximum Gasteiger partial charge on any atom is 0.257 e. The molecule has 0 fully saturated rings. The van der Waals surface area contributed by atoms with Crippen molar-refractivity contribution in [1.29, 1.82) is 0 Å². The van der Waals surface area contributed by atoms with Gasteiger partial charge in [-0.05, 0) is 49.6 Å². The first-order chi connectivity index (χ1) is 13.7. The van der Waals surface area contributed by atoms with Crippen LogP contribution in [0.1, 0.15) is 25.0 Å². The normalized spacial score (nSPS) is 12.2. The van der Waals surface area contributed by atoms with Gasteiger partial charge in [-0.15, -0.1) is 31.7 Å². The summed E-state index contributed by atoms with van der Waals surface area (Å²) in [4.78, 5) is 0.940. The van der Waals surface area contributed by atoms with Crippen molar-refractivity contribution in [2.45, 2.75) is 24.3 Å². The molecule has 0 aliphatic rings. The number of ether oxygens (including phenoxy) is 1. The van der Waals surface area contributed by atoms with E-state index < -0.39 is 0 Å². The number of benzene rings is 1. The molecule has 1 aromatic carbocycles. The Morgan fingerprint density at radius 2 is 2.00 bits per heavy atom. The molecule has 4 aromatic rings. The molecule has 8 nitrogen and oxygen atoms in total. The van der Waals surface area contributed by atoms with Crippen molar-refractivity contribution < 1.29 is 9.15 Å². The van der Waals surface area contributed by atoms with Crippen LogP contribution in [0.3, 0.4) is 0 Å². The fraction of sp³-hybridized carbons (Fsp3) is 0.222. The predicted molar refractivity (Wildman–Crippen MR) is 109 cm³/mol. The molecule has 0 unspecified atom stereocenters. The maximum absolute atomic E-state index is 6.22. The maximum atomic E-state index is 6.22. The van der Waals surface area contributed by atoms with E-state index in [-0.39, 0.29) is 5.25 Å². The first-order valence-electron chi connectivity index (χ1n) is 8.63. The summed E-state index contributed by atoms with van der Waals surface area (Å²) in [5, 5.41) is 19.1. The van der Waals surface area contributed by atoms with Crippen LogP contribution in [0.5, 0.6) is 5.75 Å². The van der Waals surface area contributed by atoms with Crippen LogP contribution in [0, 0.1) is 0 Å². The molecule has 28 heavy (non-hydrogen) atoms. The Balaban J connectivity index is 1.50. The molecule has 0 spiro atoms. The summed E-state index contributed by atoms with van der Waals surface area (Å²) in [6.07, 6.45) is 0. The molecule has 3 aromatic heterocycles. The van der Waals surface area contributed by atoms with E-state index in [1.165, 1.54) is 16.4 Å². The standard InChI is InChI=1S/C18H18N6O2S2/c1-3-25-13-8-6-12(7-9-13)15-20-23-18(24(15)19)28-11(2)16-21-22-17(26-16)14-5-4-10-27-14/h4-11H,3,19H2,1-2H3/t11-/m1/s1. The average Bonchev–Trinajstić information content (AvgIpc) is 3.44. The monoisotopic (exact) mass is 414 g/mol. The SMILES string of the molecule is CCOc1ccc(-c2nnc(S[C@H](C)c3nnc(-c4cccs4)o3)n2N)cc1. The van der Waals surface area contributed by atoms with Crippen molar-refractivity contribution in [2.24, 2.45) is 0 Å². The Bertz CT molecular complexity index is 1040. The van der Waals surface area contributed by atoms with E-state index in [9.17, 15) is 0 Å². The number of hydrogen-bond donors (Lipinski definition) is 1. The highest BCUT2D eigenvalue weighted by atomic mass is 32.2. The molecule has 0 saturated carbocycles. The minimum atomic E-state index is -0.124. The fourth-order valence-electron chi connectivity index (χ4n) is 2.53. The third-order valence-electron chi connectivity index (χ3n) is 3.89. The molecule has 0 bridgehead atoms. The molecular formula is C18H18N6O2S2. The molecule has 0 aliphatic heterocycles. The number of aromatic nitrogens is 5. The van der Waals surface area contributed by atoms with Gasteiger partial charge in [0, 0.05) is 5.56 Å². The molecule has 0 saturated heterocycles. The van der Waals surface area contributed by atoms with E-state index in [0.717, 1.165) is 16.2 Å². The highest BCUT2D eigenvalue weighted by molar-refractivity contribution is 7.99. The van der Waals surface area contributed by atoms with Gasteiger partial charge in [0.25, 0.3) is 5.89 Å². The van der Waals surface area contributed by atoms with Crippen molar-refractivity contribution in [3.63, 3.8) is 0 Å². The van der Waals surface area contributed by atoms with Crippen LogP contribution >= 0.6 is 23.1 Å². The second-order valence-electron chi connectivity index (χ2n) is 5.82. The minimum Gasteiger partial charge on any atom is -0.494 e. The van der Waals surface area contributed by atoms with Crippen molar-refractivity contribution in [3.05, 3.63) is 47.7 Å².